The molecule has 15 heteroatoms. The third-order valence-electron chi connectivity index (χ3n) is 5.05. The molecule has 1 aliphatic heterocycles. The van der Waals surface area contributed by atoms with Crippen LogP contribution in [0.3, 0.4) is 0 Å². The smallest absolute Gasteiger partial charge is 0.303 e. The van der Waals surface area contributed by atoms with Crippen molar-refractivity contribution in [3.8, 4) is 6.01 Å². The van der Waals surface area contributed by atoms with Gasteiger partial charge in [-0.05, 0) is 6.92 Å². The van der Waals surface area contributed by atoms with E-state index in [-0.39, 0.29) is 17.4 Å². The van der Waals surface area contributed by atoms with E-state index in [1.807, 2.05) is 0 Å². The maximum absolute atomic E-state index is 12.8. The van der Waals surface area contributed by atoms with Gasteiger partial charge in [-0.25, -0.2) is 0 Å². The largest absolute Gasteiger partial charge is 0.468 e. The number of carbonyl (C=O) groups excluding carboxylic acids is 5. The second kappa shape index (κ2) is 12.3. The molecule has 1 fully saturated rings. The van der Waals surface area contributed by atoms with Crippen molar-refractivity contribution in [2.75, 3.05) is 19.0 Å². The van der Waals surface area contributed by atoms with Gasteiger partial charge in [0.1, 0.15) is 24.1 Å². The maximum Gasteiger partial charge on any atom is 0.303 e. The number of anilines is 1. The molecule has 37 heavy (non-hydrogen) atoms. The van der Waals surface area contributed by atoms with Crippen LogP contribution in [-0.4, -0.2) is 83.6 Å². The first-order chi connectivity index (χ1) is 17.3. The Kier molecular flexibility index (Phi) is 9.71. The van der Waals surface area contributed by atoms with Crippen LogP contribution in [0.5, 0.6) is 6.01 Å². The fraction of sp³-hybridized carbons (Fsp3) is 0.591. The number of ether oxygens (including phenoxy) is 6. The average molecular weight is 527 g/mol. The first-order valence-electron chi connectivity index (χ1n) is 11.0. The Hall–Kier alpha value is -4.01. The van der Waals surface area contributed by atoms with E-state index in [0.29, 0.717) is 0 Å². The maximum atomic E-state index is 12.8. The van der Waals surface area contributed by atoms with E-state index < -0.39 is 72.5 Å². The lowest BCUT2D eigenvalue weighted by Gasteiger charge is -2.44. The summed E-state index contributed by atoms with van der Waals surface area (Å²) in [5, 5.41) is 2.73. The second-order valence-electron chi connectivity index (χ2n) is 8.01. The molecule has 0 radical (unpaired) electrons. The van der Waals surface area contributed by atoms with Crippen molar-refractivity contribution in [2.24, 2.45) is 7.05 Å². The van der Waals surface area contributed by atoms with Crippen molar-refractivity contribution in [1.82, 2.24) is 9.55 Å². The molecule has 5 atom stereocenters. The Bertz CT molecular complexity index is 1130. The summed E-state index contributed by atoms with van der Waals surface area (Å²) in [5.74, 6) is -4.04. The lowest BCUT2D eigenvalue weighted by Crippen LogP contribution is -2.64. The summed E-state index contributed by atoms with van der Waals surface area (Å²) in [6.45, 7) is 5.07. The Balaban J connectivity index is 2.66. The van der Waals surface area contributed by atoms with E-state index in [2.05, 4.69) is 10.3 Å². The second-order valence-corrected chi connectivity index (χ2v) is 8.01. The molecule has 1 aromatic rings. The number of carbonyl (C=O) groups is 5. The minimum Gasteiger partial charge on any atom is -0.468 e. The van der Waals surface area contributed by atoms with E-state index >= 15 is 0 Å². The Labute approximate surface area is 211 Å². The number of methoxy groups -OCH3 is 1. The van der Waals surface area contributed by atoms with Gasteiger partial charge in [-0.3, -0.25) is 33.3 Å². The van der Waals surface area contributed by atoms with Gasteiger partial charge in [0.25, 0.3) is 5.56 Å². The normalized spacial score (nSPS) is 22.8. The van der Waals surface area contributed by atoms with E-state index in [4.69, 9.17) is 28.4 Å². The van der Waals surface area contributed by atoms with Crippen molar-refractivity contribution in [1.29, 1.82) is 0 Å². The Morgan fingerprint density at radius 3 is 1.92 bits per heavy atom. The zero-order valence-corrected chi connectivity index (χ0v) is 21.4. The van der Waals surface area contributed by atoms with Gasteiger partial charge in [-0.15, -0.1) is 0 Å². The predicted molar refractivity (Wildman–Crippen MR) is 122 cm³/mol. The number of nitrogens with one attached hydrogen (secondary N) is 1. The summed E-state index contributed by atoms with van der Waals surface area (Å²) >= 11 is 0. The molecular formula is C22H29N3O12. The standard InChI is InChI=1S/C22H29N3O12/c1-9(26)15-19(24-22(32-7)25(6)21(15)31)23-20-18(36-13(5)30)17(35-12(4)29)16(34-11(3)28)14(37-20)8-33-10(2)27/h14,16-18,20,23H,8H2,1-7H3/t14-,16-,17+,18-,20-/m1/s1. The van der Waals surface area contributed by atoms with Gasteiger partial charge >= 0.3 is 29.9 Å². The van der Waals surface area contributed by atoms with E-state index in [9.17, 15) is 28.8 Å². The van der Waals surface area contributed by atoms with Gasteiger partial charge in [0, 0.05) is 34.7 Å². The van der Waals surface area contributed by atoms with Crippen LogP contribution in [0.15, 0.2) is 4.79 Å². The molecule has 1 N–H and O–H groups in total. The Morgan fingerprint density at radius 1 is 0.892 bits per heavy atom. The van der Waals surface area contributed by atoms with Crippen LogP contribution in [0.4, 0.5) is 5.82 Å². The number of nitrogens with zero attached hydrogens (tertiary/aromatic N) is 2. The van der Waals surface area contributed by atoms with Gasteiger partial charge < -0.3 is 33.7 Å². The predicted octanol–water partition coefficient (Wildman–Crippen LogP) is -0.513. The van der Waals surface area contributed by atoms with Crippen LogP contribution in [0.1, 0.15) is 45.0 Å². The van der Waals surface area contributed by atoms with E-state index in [1.165, 1.54) is 14.2 Å². The minimum atomic E-state index is -1.48. The molecule has 0 saturated carbocycles. The van der Waals surface area contributed by atoms with Crippen LogP contribution in [0, 0.1) is 0 Å². The van der Waals surface area contributed by atoms with Crippen molar-refractivity contribution in [3.63, 3.8) is 0 Å². The van der Waals surface area contributed by atoms with Crippen LogP contribution in [0.2, 0.25) is 0 Å². The van der Waals surface area contributed by atoms with Crippen molar-refractivity contribution in [3.05, 3.63) is 15.9 Å². The molecule has 0 unspecified atom stereocenters. The quantitative estimate of drug-likeness (QED) is 0.245. The SMILES string of the molecule is COc1nc(N[C@@H]2O[C@H](COC(C)=O)[C@@H](OC(C)=O)[C@H](OC(C)=O)[C@H]2OC(C)=O)c(C(C)=O)c(=O)n1C. The monoisotopic (exact) mass is 527 g/mol. The first-order valence-corrected chi connectivity index (χ1v) is 11.0. The van der Waals surface area contributed by atoms with Gasteiger partial charge in [0.05, 0.1) is 7.11 Å². The fourth-order valence-corrected chi connectivity index (χ4v) is 3.67. The molecule has 1 aromatic heterocycles. The molecule has 2 heterocycles. The zero-order valence-electron chi connectivity index (χ0n) is 21.4. The molecule has 0 bridgehead atoms. The lowest BCUT2D eigenvalue weighted by molar-refractivity contribution is -0.247. The van der Waals surface area contributed by atoms with Crippen molar-refractivity contribution >= 4 is 35.5 Å². The summed E-state index contributed by atoms with van der Waals surface area (Å²) in [7, 11) is 2.60. The van der Waals surface area contributed by atoms with Gasteiger partial charge in [0.15, 0.2) is 30.3 Å². The minimum absolute atomic E-state index is 0.164. The third kappa shape index (κ3) is 7.25. The van der Waals surface area contributed by atoms with Crippen molar-refractivity contribution < 1.29 is 52.4 Å². The molecule has 0 spiro atoms. The number of hydrogen-bond donors (Lipinski definition) is 1. The molecule has 0 aromatic carbocycles. The van der Waals surface area contributed by atoms with Crippen LogP contribution in [0.25, 0.3) is 0 Å². The van der Waals surface area contributed by atoms with Crippen molar-refractivity contribution in [2.45, 2.75) is 65.3 Å². The van der Waals surface area contributed by atoms with Crippen LogP contribution < -0.4 is 15.6 Å². The highest BCUT2D eigenvalue weighted by molar-refractivity contribution is 5.98. The summed E-state index contributed by atoms with van der Waals surface area (Å²) in [6, 6.07) is -0.164. The van der Waals surface area contributed by atoms with E-state index in [1.54, 1.807) is 0 Å². The van der Waals surface area contributed by atoms with Gasteiger partial charge in [-0.1, -0.05) is 0 Å². The van der Waals surface area contributed by atoms with Gasteiger partial charge in [0.2, 0.25) is 0 Å². The first kappa shape index (κ1) is 29.2. The molecule has 204 valence electrons. The molecule has 0 aliphatic carbocycles. The Morgan fingerprint density at radius 2 is 1.43 bits per heavy atom. The van der Waals surface area contributed by atoms with Gasteiger partial charge in [-0.2, -0.15) is 4.98 Å². The number of Topliss-reactive ketones (excluding diaryl/α,β-unsaturated/α-hetero) is 1. The highest BCUT2D eigenvalue weighted by atomic mass is 16.7. The summed E-state index contributed by atoms with van der Waals surface area (Å²) in [5.41, 5.74) is -1.11. The summed E-state index contributed by atoms with van der Waals surface area (Å²) < 4.78 is 33.1. The van der Waals surface area contributed by atoms with Crippen LogP contribution in [-0.2, 0) is 49.9 Å². The average Bonchev–Trinajstić information content (AvgIpc) is 2.77. The third-order valence-corrected chi connectivity index (χ3v) is 5.05. The van der Waals surface area contributed by atoms with Crippen LogP contribution >= 0.6 is 0 Å². The number of ketones is 1. The molecule has 1 aliphatic rings. The number of esters is 4. The number of hydrogen-bond acceptors (Lipinski definition) is 14. The highest BCUT2D eigenvalue weighted by Gasteiger charge is 2.52. The topological polar surface area (TPSA) is 188 Å². The number of rotatable bonds is 9. The number of aromatic nitrogens is 2. The van der Waals surface area contributed by atoms with E-state index in [0.717, 1.165) is 39.2 Å². The molecule has 2 rings (SSSR count). The highest BCUT2D eigenvalue weighted by Crippen LogP contribution is 2.30. The summed E-state index contributed by atoms with van der Waals surface area (Å²) in [6.07, 6.45) is -6.98. The molecule has 1 saturated heterocycles. The summed E-state index contributed by atoms with van der Waals surface area (Å²) in [4.78, 5) is 76.5. The zero-order chi connectivity index (χ0) is 28.0. The fourth-order valence-electron chi connectivity index (χ4n) is 3.67. The lowest BCUT2D eigenvalue weighted by atomic mass is 9.97. The molecular weight excluding hydrogens is 498 g/mol. The molecule has 0 amide bonds. The molecule has 15 nitrogen and oxygen atoms in total.